The fourth-order valence-electron chi connectivity index (χ4n) is 2.56. The van der Waals surface area contributed by atoms with Crippen LogP contribution >= 0.6 is 24.0 Å². The summed E-state index contributed by atoms with van der Waals surface area (Å²) in [6.07, 6.45) is 4.23. The lowest BCUT2D eigenvalue weighted by molar-refractivity contribution is 0.127. The number of aliphatic imine (C=N–C) groups is 1. The van der Waals surface area contributed by atoms with Gasteiger partial charge in [0, 0.05) is 45.2 Å². The normalized spacial score (nSPS) is 21.5. The molecule has 22 heavy (non-hydrogen) atoms. The lowest BCUT2D eigenvalue weighted by Gasteiger charge is -2.27. The fraction of sp³-hybridized carbons (Fsp3) is 0.667. The third kappa shape index (κ3) is 5.77. The Kier molecular flexibility index (Phi) is 8.81. The molecular weight excluding hydrogens is 397 g/mol. The SMILES string of the molecule is CN=C(NCCc1ccco1)NCC1(CCO)CCOC1.I. The van der Waals surface area contributed by atoms with Crippen molar-refractivity contribution in [1.82, 2.24) is 10.6 Å². The van der Waals surface area contributed by atoms with E-state index in [1.54, 1.807) is 13.3 Å². The molecule has 1 fully saturated rings. The van der Waals surface area contributed by atoms with Crippen LogP contribution in [0.2, 0.25) is 0 Å². The number of halogens is 1. The van der Waals surface area contributed by atoms with Crippen LogP contribution in [0.5, 0.6) is 0 Å². The Bertz CT molecular complexity index is 431. The van der Waals surface area contributed by atoms with Gasteiger partial charge in [-0.15, -0.1) is 24.0 Å². The van der Waals surface area contributed by atoms with Crippen molar-refractivity contribution in [2.45, 2.75) is 19.3 Å². The second kappa shape index (κ2) is 10.1. The van der Waals surface area contributed by atoms with Gasteiger partial charge in [0.1, 0.15) is 5.76 Å². The number of furan rings is 1. The lowest BCUT2D eigenvalue weighted by atomic mass is 9.84. The Balaban J connectivity index is 0.00000242. The van der Waals surface area contributed by atoms with Crippen molar-refractivity contribution >= 4 is 29.9 Å². The third-order valence-electron chi connectivity index (χ3n) is 3.93. The summed E-state index contributed by atoms with van der Waals surface area (Å²) in [5.41, 5.74) is 0.0212. The molecule has 0 radical (unpaired) electrons. The predicted octanol–water partition coefficient (Wildman–Crippen LogP) is 1.39. The molecule has 0 saturated carbocycles. The molecule has 1 aliphatic heterocycles. The molecule has 1 aromatic rings. The third-order valence-corrected chi connectivity index (χ3v) is 3.93. The van der Waals surface area contributed by atoms with Crippen LogP contribution < -0.4 is 10.6 Å². The summed E-state index contributed by atoms with van der Waals surface area (Å²) in [5, 5.41) is 15.8. The first-order chi connectivity index (χ1) is 10.3. The van der Waals surface area contributed by atoms with Gasteiger partial charge >= 0.3 is 0 Å². The van der Waals surface area contributed by atoms with Gasteiger partial charge in [0.2, 0.25) is 0 Å². The molecule has 1 atom stereocenters. The van der Waals surface area contributed by atoms with E-state index in [-0.39, 0.29) is 36.0 Å². The Hall–Kier alpha value is -0.800. The number of hydrogen-bond acceptors (Lipinski definition) is 4. The minimum absolute atomic E-state index is 0. The van der Waals surface area contributed by atoms with Gasteiger partial charge in [-0.05, 0) is 25.0 Å². The monoisotopic (exact) mass is 423 g/mol. The fourth-order valence-corrected chi connectivity index (χ4v) is 2.56. The van der Waals surface area contributed by atoms with Crippen LogP contribution in [0.15, 0.2) is 27.8 Å². The Morgan fingerprint density at radius 1 is 1.45 bits per heavy atom. The minimum atomic E-state index is 0. The average Bonchev–Trinajstić information content (AvgIpc) is 3.15. The number of nitrogens with zero attached hydrogens (tertiary/aromatic N) is 1. The van der Waals surface area contributed by atoms with Crippen LogP contribution in [0.3, 0.4) is 0 Å². The van der Waals surface area contributed by atoms with Gasteiger partial charge in [0.05, 0.1) is 12.9 Å². The molecule has 1 saturated heterocycles. The summed E-state index contributed by atoms with van der Waals surface area (Å²) < 4.78 is 10.8. The van der Waals surface area contributed by atoms with E-state index >= 15 is 0 Å². The van der Waals surface area contributed by atoms with E-state index in [0.717, 1.165) is 50.7 Å². The molecular formula is C15H26IN3O3. The standard InChI is InChI=1S/C15H25N3O3.HI/c1-16-14(17-7-4-13-3-2-9-21-13)18-11-15(5-8-19)6-10-20-12-15;/h2-3,9,19H,4-8,10-12H2,1H3,(H2,16,17,18);1H. The molecule has 1 aliphatic rings. The largest absolute Gasteiger partial charge is 0.469 e. The maximum atomic E-state index is 9.22. The molecule has 6 nitrogen and oxygen atoms in total. The second-order valence-electron chi connectivity index (χ2n) is 5.46. The topological polar surface area (TPSA) is 79.0 Å². The van der Waals surface area contributed by atoms with Crippen molar-refractivity contribution in [3.8, 4) is 0 Å². The van der Waals surface area contributed by atoms with E-state index in [1.807, 2.05) is 12.1 Å². The highest BCUT2D eigenvalue weighted by molar-refractivity contribution is 14.0. The van der Waals surface area contributed by atoms with Crippen molar-refractivity contribution in [2.75, 3.05) is 40.0 Å². The van der Waals surface area contributed by atoms with Gasteiger partial charge in [-0.3, -0.25) is 4.99 Å². The number of aliphatic hydroxyl groups is 1. The van der Waals surface area contributed by atoms with E-state index in [1.165, 1.54) is 0 Å². The van der Waals surface area contributed by atoms with Gasteiger partial charge in [-0.25, -0.2) is 0 Å². The minimum Gasteiger partial charge on any atom is -0.469 e. The van der Waals surface area contributed by atoms with Crippen LogP contribution in [0, 0.1) is 5.41 Å². The first kappa shape index (κ1) is 19.2. The van der Waals surface area contributed by atoms with Crippen molar-refractivity contribution in [2.24, 2.45) is 10.4 Å². The molecule has 0 spiro atoms. The number of ether oxygens (including phenoxy) is 1. The number of nitrogens with one attached hydrogen (secondary N) is 2. The zero-order chi connectivity index (χ0) is 15.0. The lowest BCUT2D eigenvalue weighted by Crippen LogP contribution is -2.45. The molecule has 0 aromatic carbocycles. The van der Waals surface area contributed by atoms with Crippen LogP contribution in [0.1, 0.15) is 18.6 Å². The molecule has 1 aromatic heterocycles. The maximum Gasteiger partial charge on any atom is 0.191 e. The van der Waals surface area contributed by atoms with Crippen molar-refractivity contribution in [3.05, 3.63) is 24.2 Å². The first-order valence-corrected chi connectivity index (χ1v) is 7.43. The van der Waals surface area contributed by atoms with E-state index < -0.39 is 0 Å². The number of aliphatic hydroxyl groups excluding tert-OH is 1. The number of hydrogen-bond donors (Lipinski definition) is 3. The molecule has 7 heteroatoms. The molecule has 3 N–H and O–H groups in total. The molecule has 0 amide bonds. The summed E-state index contributed by atoms with van der Waals surface area (Å²) in [6.45, 7) is 3.18. The van der Waals surface area contributed by atoms with Crippen LogP contribution in [0.4, 0.5) is 0 Å². The van der Waals surface area contributed by atoms with Gasteiger partial charge in [-0.1, -0.05) is 0 Å². The van der Waals surface area contributed by atoms with Gasteiger partial charge in [0.15, 0.2) is 5.96 Å². The summed E-state index contributed by atoms with van der Waals surface area (Å²) in [4.78, 5) is 4.22. The Morgan fingerprint density at radius 2 is 2.32 bits per heavy atom. The zero-order valence-electron chi connectivity index (χ0n) is 13.0. The summed E-state index contributed by atoms with van der Waals surface area (Å²) in [7, 11) is 1.76. The van der Waals surface area contributed by atoms with Gasteiger partial charge in [0.25, 0.3) is 0 Å². The quantitative estimate of drug-likeness (QED) is 0.351. The van der Waals surface area contributed by atoms with E-state index in [4.69, 9.17) is 9.15 Å². The van der Waals surface area contributed by atoms with E-state index in [2.05, 4.69) is 15.6 Å². The summed E-state index contributed by atoms with van der Waals surface area (Å²) in [6, 6.07) is 3.85. The van der Waals surface area contributed by atoms with Crippen molar-refractivity contribution < 1.29 is 14.3 Å². The molecule has 2 rings (SSSR count). The molecule has 0 aliphatic carbocycles. The first-order valence-electron chi connectivity index (χ1n) is 7.43. The Morgan fingerprint density at radius 3 is 2.91 bits per heavy atom. The summed E-state index contributed by atoms with van der Waals surface area (Å²) in [5.74, 6) is 1.73. The van der Waals surface area contributed by atoms with Gasteiger partial charge < -0.3 is 24.9 Å². The van der Waals surface area contributed by atoms with Crippen LogP contribution in [-0.4, -0.2) is 51.0 Å². The molecule has 0 bridgehead atoms. The maximum absolute atomic E-state index is 9.22. The predicted molar refractivity (Wildman–Crippen MR) is 96.8 cm³/mol. The highest BCUT2D eigenvalue weighted by Gasteiger charge is 2.34. The highest BCUT2D eigenvalue weighted by Crippen LogP contribution is 2.31. The van der Waals surface area contributed by atoms with E-state index in [9.17, 15) is 5.11 Å². The molecule has 126 valence electrons. The second-order valence-corrected chi connectivity index (χ2v) is 5.46. The van der Waals surface area contributed by atoms with Crippen LogP contribution in [-0.2, 0) is 11.2 Å². The highest BCUT2D eigenvalue weighted by atomic mass is 127. The Labute approximate surface area is 148 Å². The van der Waals surface area contributed by atoms with E-state index in [0.29, 0.717) is 6.61 Å². The number of rotatable bonds is 7. The van der Waals surface area contributed by atoms with Crippen molar-refractivity contribution in [1.29, 1.82) is 0 Å². The number of guanidine groups is 1. The summed E-state index contributed by atoms with van der Waals surface area (Å²) >= 11 is 0. The molecule has 2 heterocycles. The average molecular weight is 423 g/mol. The zero-order valence-corrected chi connectivity index (χ0v) is 15.3. The van der Waals surface area contributed by atoms with Gasteiger partial charge in [-0.2, -0.15) is 0 Å². The van der Waals surface area contributed by atoms with Crippen LogP contribution in [0.25, 0.3) is 0 Å². The molecule has 1 unspecified atom stereocenters. The smallest absolute Gasteiger partial charge is 0.191 e. The van der Waals surface area contributed by atoms with Crippen molar-refractivity contribution in [3.63, 3.8) is 0 Å².